The molecule has 0 spiro atoms. The predicted octanol–water partition coefficient (Wildman–Crippen LogP) is 4.66. The number of rotatable bonds is 6. The first-order chi connectivity index (χ1) is 15.0. The number of aromatic nitrogens is 4. The zero-order valence-electron chi connectivity index (χ0n) is 18.3. The molecular formula is C24H29N5O2. The first-order valence-corrected chi connectivity index (χ1v) is 11.0. The van der Waals surface area contributed by atoms with E-state index in [2.05, 4.69) is 34.3 Å². The summed E-state index contributed by atoms with van der Waals surface area (Å²) in [6, 6.07) is 7.31. The van der Waals surface area contributed by atoms with Crippen molar-refractivity contribution in [3.63, 3.8) is 0 Å². The van der Waals surface area contributed by atoms with Crippen LogP contribution in [0.3, 0.4) is 0 Å². The maximum absolute atomic E-state index is 12.3. The van der Waals surface area contributed by atoms with Gasteiger partial charge in [0.25, 0.3) is 5.91 Å². The van der Waals surface area contributed by atoms with E-state index < -0.39 is 0 Å². The van der Waals surface area contributed by atoms with Crippen LogP contribution in [0.5, 0.6) is 0 Å². The van der Waals surface area contributed by atoms with Crippen molar-refractivity contribution in [3.8, 4) is 11.3 Å². The third-order valence-electron chi connectivity index (χ3n) is 5.93. The molecule has 3 aromatic rings. The minimum absolute atomic E-state index is 0.108. The highest BCUT2D eigenvalue weighted by Gasteiger charge is 2.28. The quantitative estimate of drug-likeness (QED) is 0.624. The highest BCUT2D eigenvalue weighted by Crippen LogP contribution is 2.39. The number of pyridine rings is 1. The third-order valence-corrected chi connectivity index (χ3v) is 5.93. The smallest absolute Gasteiger partial charge is 0.269 e. The van der Waals surface area contributed by atoms with Crippen molar-refractivity contribution in [3.05, 3.63) is 59.6 Å². The van der Waals surface area contributed by atoms with Crippen LogP contribution in [-0.2, 0) is 0 Å². The molecule has 7 heteroatoms. The van der Waals surface area contributed by atoms with Gasteiger partial charge in [-0.3, -0.25) is 9.78 Å². The van der Waals surface area contributed by atoms with Gasteiger partial charge in [0.2, 0.25) is 0 Å². The number of carbonyl (C=O) groups is 1. The summed E-state index contributed by atoms with van der Waals surface area (Å²) in [7, 11) is 0. The Kier molecular flexibility index (Phi) is 6.39. The van der Waals surface area contributed by atoms with Gasteiger partial charge in [-0.15, -0.1) is 0 Å². The summed E-state index contributed by atoms with van der Waals surface area (Å²) < 4.78 is 5.53. The zero-order valence-corrected chi connectivity index (χ0v) is 18.3. The Morgan fingerprint density at radius 1 is 1.19 bits per heavy atom. The van der Waals surface area contributed by atoms with E-state index in [-0.39, 0.29) is 11.8 Å². The van der Waals surface area contributed by atoms with E-state index in [9.17, 15) is 4.79 Å². The monoisotopic (exact) mass is 419 g/mol. The SMILES string of the molecule is Cc1cc(-c2cnc(C(C)C)nc2C2CCC(CNC(=O)c3ccccn3)CC2)on1. The molecule has 0 aromatic carbocycles. The molecule has 1 fully saturated rings. The Labute approximate surface area is 182 Å². The number of hydrogen-bond acceptors (Lipinski definition) is 6. The maximum atomic E-state index is 12.3. The summed E-state index contributed by atoms with van der Waals surface area (Å²) in [4.78, 5) is 25.9. The second-order valence-electron chi connectivity index (χ2n) is 8.66. The number of nitrogens with one attached hydrogen (secondary N) is 1. The molecule has 0 saturated heterocycles. The van der Waals surface area contributed by atoms with Crippen LogP contribution in [0.25, 0.3) is 11.3 Å². The van der Waals surface area contributed by atoms with Gasteiger partial charge in [-0.25, -0.2) is 9.97 Å². The van der Waals surface area contributed by atoms with Crippen LogP contribution in [-0.4, -0.2) is 32.6 Å². The van der Waals surface area contributed by atoms with Crippen LogP contribution in [0.1, 0.15) is 79.1 Å². The number of carbonyl (C=O) groups excluding carboxylic acids is 1. The Balaban J connectivity index is 1.43. The average molecular weight is 420 g/mol. The molecule has 1 aliphatic carbocycles. The van der Waals surface area contributed by atoms with Crippen LogP contribution in [0.15, 0.2) is 41.2 Å². The van der Waals surface area contributed by atoms with Gasteiger partial charge in [-0.1, -0.05) is 25.1 Å². The van der Waals surface area contributed by atoms with Gasteiger partial charge in [-0.2, -0.15) is 0 Å². The van der Waals surface area contributed by atoms with Crippen molar-refractivity contribution in [2.24, 2.45) is 5.92 Å². The van der Waals surface area contributed by atoms with Crippen molar-refractivity contribution < 1.29 is 9.32 Å². The average Bonchev–Trinajstić information content (AvgIpc) is 3.24. The van der Waals surface area contributed by atoms with Crippen LogP contribution in [0.4, 0.5) is 0 Å². The molecule has 0 radical (unpaired) electrons. The summed E-state index contributed by atoms with van der Waals surface area (Å²) in [5, 5.41) is 7.08. The minimum atomic E-state index is -0.108. The Morgan fingerprint density at radius 3 is 2.65 bits per heavy atom. The topological polar surface area (TPSA) is 93.8 Å². The second-order valence-corrected chi connectivity index (χ2v) is 8.66. The molecule has 0 aliphatic heterocycles. The summed E-state index contributed by atoms with van der Waals surface area (Å²) >= 11 is 0. The number of aryl methyl sites for hydroxylation is 1. The fourth-order valence-electron chi connectivity index (χ4n) is 4.14. The van der Waals surface area contributed by atoms with E-state index in [1.165, 1.54) is 0 Å². The van der Waals surface area contributed by atoms with E-state index in [0.29, 0.717) is 24.1 Å². The summed E-state index contributed by atoms with van der Waals surface area (Å²) in [5.41, 5.74) is 3.31. The fourth-order valence-corrected chi connectivity index (χ4v) is 4.14. The van der Waals surface area contributed by atoms with Crippen LogP contribution in [0.2, 0.25) is 0 Å². The van der Waals surface area contributed by atoms with Gasteiger partial charge >= 0.3 is 0 Å². The maximum Gasteiger partial charge on any atom is 0.269 e. The molecule has 7 nitrogen and oxygen atoms in total. The Hall–Kier alpha value is -3.09. The number of hydrogen-bond donors (Lipinski definition) is 1. The lowest BCUT2D eigenvalue weighted by Crippen LogP contribution is -2.31. The van der Waals surface area contributed by atoms with Gasteiger partial charge in [0, 0.05) is 36.8 Å². The first kappa shape index (κ1) is 21.2. The molecule has 1 N–H and O–H groups in total. The van der Waals surface area contributed by atoms with Crippen LogP contribution >= 0.6 is 0 Å². The molecule has 1 amide bonds. The molecule has 0 bridgehead atoms. The molecule has 31 heavy (non-hydrogen) atoms. The van der Waals surface area contributed by atoms with Crippen molar-refractivity contribution in [1.82, 2.24) is 25.4 Å². The van der Waals surface area contributed by atoms with Gasteiger partial charge in [0.15, 0.2) is 5.76 Å². The van der Waals surface area contributed by atoms with Gasteiger partial charge in [0.1, 0.15) is 11.5 Å². The van der Waals surface area contributed by atoms with Crippen molar-refractivity contribution >= 4 is 5.91 Å². The summed E-state index contributed by atoms with van der Waals surface area (Å²) in [6.45, 7) is 6.81. The second kappa shape index (κ2) is 9.37. The third kappa shape index (κ3) is 4.98. The van der Waals surface area contributed by atoms with E-state index in [4.69, 9.17) is 9.51 Å². The fraction of sp³-hybridized carbons (Fsp3) is 0.458. The molecule has 3 aromatic heterocycles. The standard InChI is InChI=1S/C24H29N5O2/c1-15(2)23-26-14-19(21-12-16(3)29-31-21)22(28-23)18-9-7-17(8-10-18)13-27-24(30)20-6-4-5-11-25-20/h4-6,11-12,14-15,17-18H,7-10,13H2,1-3H3,(H,27,30). The molecule has 1 aliphatic rings. The van der Waals surface area contributed by atoms with E-state index in [1.54, 1.807) is 12.3 Å². The normalized spacial score (nSPS) is 18.8. The highest BCUT2D eigenvalue weighted by molar-refractivity contribution is 5.92. The van der Waals surface area contributed by atoms with Crippen molar-refractivity contribution in [2.45, 2.75) is 58.3 Å². The van der Waals surface area contributed by atoms with E-state index in [0.717, 1.165) is 54.2 Å². The minimum Gasteiger partial charge on any atom is -0.356 e. The largest absolute Gasteiger partial charge is 0.356 e. The summed E-state index contributed by atoms with van der Waals surface area (Å²) in [5.74, 6) is 2.56. The van der Waals surface area contributed by atoms with Gasteiger partial charge in [-0.05, 0) is 50.7 Å². The molecule has 1 saturated carbocycles. The molecule has 3 heterocycles. The van der Waals surface area contributed by atoms with Gasteiger partial charge in [0.05, 0.1) is 17.0 Å². The molecule has 0 unspecified atom stereocenters. The number of nitrogens with zero attached hydrogens (tertiary/aromatic N) is 4. The molecule has 0 atom stereocenters. The molecular weight excluding hydrogens is 390 g/mol. The van der Waals surface area contributed by atoms with Crippen molar-refractivity contribution in [2.75, 3.05) is 6.54 Å². The van der Waals surface area contributed by atoms with Crippen molar-refractivity contribution in [1.29, 1.82) is 0 Å². The summed E-state index contributed by atoms with van der Waals surface area (Å²) in [6.07, 6.45) is 7.67. The molecule has 162 valence electrons. The predicted molar refractivity (Wildman–Crippen MR) is 118 cm³/mol. The van der Waals surface area contributed by atoms with Crippen LogP contribution < -0.4 is 5.32 Å². The van der Waals surface area contributed by atoms with Crippen LogP contribution in [0, 0.1) is 12.8 Å². The lowest BCUT2D eigenvalue weighted by Gasteiger charge is -2.29. The highest BCUT2D eigenvalue weighted by atomic mass is 16.5. The molecule has 4 rings (SSSR count). The Bertz CT molecular complexity index is 1020. The Morgan fingerprint density at radius 2 is 2.00 bits per heavy atom. The lowest BCUT2D eigenvalue weighted by atomic mass is 9.79. The number of amides is 1. The van der Waals surface area contributed by atoms with Gasteiger partial charge < -0.3 is 9.84 Å². The lowest BCUT2D eigenvalue weighted by molar-refractivity contribution is 0.0938. The first-order valence-electron chi connectivity index (χ1n) is 11.0. The van der Waals surface area contributed by atoms with E-state index in [1.807, 2.05) is 31.3 Å². The van der Waals surface area contributed by atoms with E-state index >= 15 is 0 Å². The zero-order chi connectivity index (χ0) is 21.8.